The molecule has 0 aliphatic carbocycles. The van der Waals surface area contributed by atoms with Gasteiger partial charge in [-0.3, -0.25) is 0 Å². The zero-order valence-corrected chi connectivity index (χ0v) is 7.39. The maximum absolute atomic E-state index is 3.23. The van der Waals surface area contributed by atoms with Crippen molar-refractivity contribution in [2.45, 2.75) is 13.3 Å². The lowest BCUT2D eigenvalue weighted by Crippen LogP contribution is -2.10. The molecular formula is C10H14N. The summed E-state index contributed by atoms with van der Waals surface area (Å²) in [5.41, 5.74) is 2.56. The zero-order valence-electron chi connectivity index (χ0n) is 7.39. The fourth-order valence-corrected chi connectivity index (χ4v) is 1.16. The summed E-state index contributed by atoms with van der Waals surface area (Å²) in [6.45, 7) is 2.15. The molecule has 0 amide bonds. The Labute approximate surface area is 68.7 Å². The van der Waals surface area contributed by atoms with Crippen LogP contribution in [0, 0.1) is 6.07 Å². The fraction of sp³-hybridized carbons (Fsp3) is 0.400. The Balaban J connectivity index is 3.02. The van der Waals surface area contributed by atoms with E-state index in [0.29, 0.717) is 0 Å². The summed E-state index contributed by atoms with van der Waals surface area (Å²) in [6, 6.07) is 9.33. The summed E-state index contributed by atoms with van der Waals surface area (Å²) in [5, 5.41) is 0. The first kappa shape index (κ1) is 8.12. The SMILES string of the molecule is CCc1[c]cccc1N(C)C. The molecule has 1 aromatic rings. The molecular weight excluding hydrogens is 134 g/mol. The molecule has 0 aromatic heterocycles. The molecule has 0 aliphatic rings. The van der Waals surface area contributed by atoms with Crippen molar-refractivity contribution in [2.75, 3.05) is 19.0 Å². The molecule has 0 bridgehead atoms. The number of rotatable bonds is 2. The van der Waals surface area contributed by atoms with Crippen LogP contribution in [0.5, 0.6) is 0 Å². The highest BCUT2D eigenvalue weighted by atomic mass is 15.1. The lowest BCUT2D eigenvalue weighted by molar-refractivity contribution is 1.06. The van der Waals surface area contributed by atoms with Gasteiger partial charge in [0.05, 0.1) is 0 Å². The topological polar surface area (TPSA) is 3.24 Å². The minimum Gasteiger partial charge on any atom is -0.377 e. The van der Waals surface area contributed by atoms with E-state index < -0.39 is 0 Å². The number of aryl methyl sites for hydroxylation is 1. The largest absolute Gasteiger partial charge is 0.377 e. The molecule has 1 nitrogen and oxygen atoms in total. The highest BCUT2D eigenvalue weighted by molar-refractivity contribution is 5.51. The molecule has 1 rings (SSSR count). The summed E-state index contributed by atoms with van der Waals surface area (Å²) in [7, 11) is 4.12. The van der Waals surface area contributed by atoms with Crippen molar-refractivity contribution in [1.29, 1.82) is 0 Å². The van der Waals surface area contributed by atoms with Gasteiger partial charge in [0.15, 0.2) is 0 Å². The van der Waals surface area contributed by atoms with E-state index in [-0.39, 0.29) is 0 Å². The van der Waals surface area contributed by atoms with Gasteiger partial charge in [-0.05, 0) is 24.1 Å². The second kappa shape index (κ2) is 3.42. The van der Waals surface area contributed by atoms with E-state index in [4.69, 9.17) is 0 Å². The minimum atomic E-state index is 1.05. The highest BCUT2D eigenvalue weighted by Gasteiger charge is 1.99. The Morgan fingerprint density at radius 2 is 2.18 bits per heavy atom. The van der Waals surface area contributed by atoms with Crippen molar-refractivity contribution < 1.29 is 0 Å². The smallest absolute Gasteiger partial charge is 0.0399 e. The number of anilines is 1. The van der Waals surface area contributed by atoms with Crippen molar-refractivity contribution in [2.24, 2.45) is 0 Å². The maximum Gasteiger partial charge on any atom is 0.0399 e. The van der Waals surface area contributed by atoms with Crippen molar-refractivity contribution in [3.63, 3.8) is 0 Å². The fourth-order valence-electron chi connectivity index (χ4n) is 1.16. The molecule has 59 valence electrons. The summed E-state index contributed by atoms with van der Waals surface area (Å²) < 4.78 is 0. The third kappa shape index (κ3) is 1.73. The summed E-state index contributed by atoms with van der Waals surface area (Å²) in [4.78, 5) is 2.12. The molecule has 0 spiro atoms. The Bertz CT molecular complexity index is 228. The van der Waals surface area contributed by atoms with E-state index >= 15 is 0 Å². The van der Waals surface area contributed by atoms with Gasteiger partial charge in [0.25, 0.3) is 0 Å². The van der Waals surface area contributed by atoms with Crippen LogP contribution in [-0.2, 0) is 6.42 Å². The highest BCUT2D eigenvalue weighted by Crippen LogP contribution is 2.16. The van der Waals surface area contributed by atoms with Gasteiger partial charge >= 0.3 is 0 Å². The van der Waals surface area contributed by atoms with Gasteiger partial charge < -0.3 is 4.90 Å². The van der Waals surface area contributed by atoms with Gasteiger partial charge in [-0.2, -0.15) is 0 Å². The Morgan fingerprint density at radius 3 is 2.64 bits per heavy atom. The lowest BCUT2D eigenvalue weighted by atomic mass is 10.1. The van der Waals surface area contributed by atoms with E-state index in [2.05, 4.69) is 38.1 Å². The van der Waals surface area contributed by atoms with Gasteiger partial charge in [-0.1, -0.05) is 19.1 Å². The molecule has 0 N–H and O–H groups in total. The van der Waals surface area contributed by atoms with Crippen LogP contribution in [0.3, 0.4) is 0 Å². The van der Waals surface area contributed by atoms with E-state index in [0.717, 1.165) is 6.42 Å². The molecule has 0 fully saturated rings. The van der Waals surface area contributed by atoms with Crippen LogP contribution in [0.4, 0.5) is 5.69 Å². The molecule has 1 radical (unpaired) electrons. The van der Waals surface area contributed by atoms with Gasteiger partial charge in [0, 0.05) is 19.8 Å². The molecule has 0 saturated heterocycles. The number of hydrogen-bond donors (Lipinski definition) is 0. The second-order valence-corrected chi connectivity index (χ2v) is 2.78. The first-order chi connectivity index (χ1) is 5.25. The van der Waals surface area contributed by atoms with E-state index in [1.807, 2.05) is 12.1 Å². The molecule has 0 heterocycles. The first-order valence-electron chi connectivity index (χ1n) is 3.92. The average molecular weight is 148 g/mol. The first-order valence-corrected chi connectivity index (χ1v) is 3.92. The van der Waals surface area contributed by atoms with E-state index in [1.54, 1.807) is 0 Å². The van der Waals surface area contributed by atoms with Gasteiger partial charge in [0.2, 0.25) is 0 Å². The molecule has 0 aliphatic heterocycles. The monoisotopic (exact) mass is 148 g/mol. The van der Waals surface area contributed by atoms with Crippen LogP contribution in [0.2, 0.25) is 0 Å². The maximum atomic E-state index is 3.23. The number of hydrogen-bond acceptors (Lipinski definition) is 1. The summed E-state index contributed by atoms with van der Waals surface area (Å²) in [5.74, 6) is 0. The third-order valence-corrected chi connectivity index (χ3v) is 1.75. The van der Waals surface area contributed by atoms with Crippen LogP contribution < -0.4 is 4.90 Å². The van der Waals surface area contributed by atoms with E-state index in [1.165, 1.54) is 11.3 Å². The minimum absolute atomic E-state index is 1.05. The van der Waals surface area contributed by atoms with Gasteiger partial charge in [-0.25, -0.2) is 0 Å². The van der Waals surface area contributed by atoms with Crippen molar-refractivity contribution in [3.05, 3.63) is 29.8 Å². The lowest BCUT2D eigenvalue weighted by Gasteiger charge is -2.15. The Kier molecular flexibility index (Phi) is 2.53. The summed E-state index contributed by atoms with van der Waals surface area (Å²) >= 11 is 0. The van der Waals surface area contributed by atoms with Crippen LogP contribution in [-0.4, -0.2) is 14.1 Å². The molecule has 0 unspecified atom stereocenters. The molecule has 11 heavy (non-hydrogen) atoms. The van der Waals surface area contributed by atoms with Crippen molar-refractivity contribution in [1.82, 2.24) is 0 Å². The number of nitrogens with zero attached hydrogens (tertiary/aromatic N) is 1. The van der Waals surface area contributed by atoms with Crippen LogP contribution in [0.15, 0.2) is 18.2 Å². The Morgan fingerprint density at radius 1 is 1.45 bits per heavy atom. The third-order valence-electron chi connectivity index (χ3n) is 1.75. The van der Waals surface area contributed by atoms with Crippen molar-refractivity contribution >= 4 is 5.69 Å². The zero-order chi connectivity index (χ0) is 8.27. The van der Waals surface area contributed by atoms with Crippen LogP contribution >= 0.6 is 0 Å². The predicted molar refractivity (Wildman–Crippen MR) is 49.0 cm³/mol. The van der Waals surface area contributed by atoms with Crippen LogP contribution in [0.25, 0.3) is 0 Å². The second-order valence-electron chi connectivity index (χ2n) is 2.78. The normalized spacial score (nSPS) is 9.73. The quantitative estimate of drug-likeness (QED) is 0.621. The van der Waals surface area contributed by atoms with Crippen LogP contribution in [0.1, 0.15) is 12.5 Å². The Hall–Kier alpha value is -0.980. The molecule has 1 heteroatoms. The molecule has 0 saturated carbocycles. The van der Waals surface area contributed by atoms with Gasteiger partial charge in [-0.15, -0.1) is 0 Å². The standard InChI is InChI=1S/C10H14N/c1-4-9-7-5-6-8-10(9)11(2)3/h5-6,8H,4H2,1-3H3. The average Bonchev–Trinajstić information content (AvgIpc) is 2.04. The van der Waals surface area contributed by atoms with E-state index in [9.17, 15) is 0 Å². The molecule has 0 atom stereocenters. The van der Waals surface area contributed by atoms with Gasteiger partial charge in [0.1, 0.15) is 0 Å². The molecule has 1 aromatic carbocycles. The van der Waals surface area contributed by atoms with Crippen molar-refractivity contribution in [3.8, 4) is 0 Å². The predicted octanol–water partition coefficient (Wildman–Crippen LogP) is 2.12. The number of benzene rings is 1. The summed E-state index contributed by atoms with van der Waals surface area (Å²) in [6.07, 6.45) is 1.05.